The van der Waals surface area contributed by atoms with E-state index in [1.54, 1.807) is 20.3 Å². The first-order valence-electron chi connectivity index (χ1n) is 13.3. The molecule has 196 valence electrons. The van der Waals surface area contributed by atoms with Gasteiger partial charge in [0.25, 0.3) is 0 Å². The highest BCUT2D eigenvalue weighted by Gasteiger charge is 2.36. The Morgan fingerprint density at radius 3 is 2.55 bits per heavy atom. The number of amides is 2. The summed E-state index contributed by atoms with van der Waals surface area (Å²) in [4.78, 5) is 17.6. The van der Waals surface area contributed by atoms with Gasteiger partial charge in [0, 0.05) is 28.4 Å². The lowest BCUT2D eigenvalue weighted by molar-refractivity contribution is 0.194. The molecule has 3 heterocycles. The second-order valence-electron chi connectivity index (χ2n) is 9.92. The zero-order valence-electron chi connectivity index (χ0n) is 22.1. The van der Waals surface area contributed by atoms with E-state index in [9.17, 15) is 4.79 Å². The van der Waals surface area contributed by atoms with E-state index in [0.29, 0.717) is 23.7 Å². The Kier molecular flexibility index (Phi) is 6.62. The van der Waals surface area contributed by atoms with Crippen LogP contribution in [0.1, 0.15) is 58.6 Å². The van der Waals surface area contributed by atoms with Gasteiger partial charge in [0.15, 0.2) is 11.5 Å². The predicted octanol–water partition coefficient (Wildman–Crippen LogP) is 7.13. The van der Waals surface area contributed by atoms with Crippen molar-refractivity contribution in [3.8, 4) is 16.5 Å². The van der Waals surface area contributed by atoms with Gasteiger partial charge in [-0.1, -0.05) is 31.2 Å². The number of hydrogen-bond donors (Lipinski definition) is 1. The van der Waals surface area contributed by atoms with Crippen LogP contribution in [0.4, 0.5) is 10.5 Å². The summed E-state index contributed by atoms with van der Waals surface area (Å²) in [6.45, 7) is 2.72. The van der Waals surface area contributed by atoms with Crippen LogP contribution in [0.5, 0.6) is 11.5 Å². The number of rotatable bonds is 5. The van der Waals surface area contributed by atoms with Crippen LogP contribution in [-0.2, 0) is 25.8 Å². The van der Waals surface area contributed by atoms with Gasteiger partial charge in [0.2, 0.25) is 0 Å². The number of carbonyl (C=O) groups excluding carboxylic acids is 1. The lowest BCUT2D eigenvalue weighted by Crippen LogP contribution is -2.38. The van der Waals surface area contributed by atoms with E-state index < -0.39 is 0 Å². The molecule has 1 N–H and O–H groups in total. The van der Waals surface area contributed by atoms with Crippen LogP contribution in [0.2, 0.25) is 0 Å². The molecule has 2 amide bonds. The van der Waals surface area contributed by atoms with Gasteiger partial charge in [-0.15, -0.1) is 11.3 Å². The monoisotopic (exact) mass is 527 g/mol. The maximum Gasteiger partial charge on any atom is 0.322 e. The number of methoxy groups -OCH3 is 2. The van der Waals surface area contributed by atoms with Crippen LogP contribution in [0.25, 0.3) is 5.00 Å². The summed E-state index contributed by atoms with van der Waals surface area (Å²) in [6, 6.07) is 18.1. The molecule has 1 aliphatic heterocycles. The molecule has 6 rings (SSSR count). The molecular formula is C31H33N3O3S. The van der Waals surface area contributed by atoms with Gasteiger partial charge in [-0.05, 0) is 73.1 Å². The number of aromatic nitrogens is 1. The molecule has 2 aliphatic rings. The van der Waals surface area contributed by atoms with Crippen LogP contribution >= 0.6 is 11.3 Å². The molecule has 6 nitrogen and oxygen atoms in total. The quantitative estimate of drug-likeness (QED) is 0.300. The van der Waals surface area contributed by atoms with Crippen LogP contribution in [0.15, 0.2) is 60.8 Å². The number of aryl methyl sites for hydroxylation is 2. The average Bonchev–Trinajstić information content (AvgIpc) is 3.55. The molecule has 7 heteroatoms. The minimum absolute atomic E-state index is 0.141. The van der Waals surface area contributed by atoms with Gasteiger partial charge in [-0.25, -0.2) is 4.79 Å². The number of ether oxygens (including phenoxy) is 2. The van der Waals surface area contributed by atoms with Gasteiger partial charge in [-0.3, -0.25) is 0 Å². The number of thiophene rings is 1. The molecule has 0 spiro atoms. The molecule has 1 atom stereocenters. The fraction of sp³-hybridized carbons (Fsp3) is 0.323. The summed E-state index contributed by atoms with van der Waals surface area (Å²) < 4.78 is 13.2. The van der Waals surface area contributed by atoms with Gasteiger partial charge in [0.1, 0.15) is 5.00 Å². The van der Waals surface area contributed by atoms with Crippen molar-refractivity contribution >= 4 is 23.1 Å². The molecule has 0 fully saturated rings. The van der Waals surface area contributed by atoms with Crippen LogP contribution in [-0.4, -0.2) is 29.7 Å². The van der Waals surface area contributed by atoms with E-state index in [-0.39, 0.29) is 12.1 Å². The summed E-state index contributed by atoms with van der Waals surface area (Å²) >= 11 is 1.90. The fourth-order valence-electron chi connectivity index (χ4n) is 5.78. The lowest BCUT2D eigenvalue weighted by Gasteiger charge is -2.31. The molecule has 0 unspecified atom stereocenters. The van der Waals surface area contributed by atoms with Crippen LogP contribution in [0.3, 0.4) is 0 Å². The minimum Gasteiger partial charge on any atom is -0.493 e. The minimum atomic E-state index is -0.227. The number of fused-ring (bicyclic) bond motifs is 5. The fourth-order valence-corrected chi connectivity index (χ4v) is 7.19. The molecule has 38 heavy (non-hydrogen) atoms. The SMILES string of the molecule is CCc1ccc([C@H]2c3cccn3-c3sc4c(c3CN2C(=O)Nc2ccc(OC)c(OC)c2)CCCC4)cc1. The molecule has 2 aromatic heterocycles. The van der Waals surface area contributed by atoms with E-state index in [1.807, 2.05) is 28.4 Å². The highest BCUT2D eigenvalue weighted by atomic mass is 32.1. The van der Waals surface area contributed by atoms with Gasteiger partial charge in [0.05, 0.1) is 32.5 Å². The first kappa shape index (κ1) is 24.6. The highest BCUT2D eigenvalue weighted by molar-refractivity contribution is 7.15. The van der Waals surface area contributed by atoms with Gasteiger partial charge < -0.3 is 24.3 Å². The number of benzene rings is 2. The average molecular weight is 528 g/mol. The van der Waals surface area contributed by atoms with Crippen molar-refractivity contribution in [2.75, 3.05) is 19.5 Å². The van der Waals surface area contributed by atoms with Gasteiger partial charge in [-0.2, -0.15) is 0 Å². The molecule has 2 aromatic carbocycles. The Hall–Kier alpha value is -3.71. The van der Waals surface area contributed by atoms with Gasteiger partial charge >= 0.3 is 6.03 Å². The Morgan fingerprint density at radius 2 is 1.79 bits per heavy atom. The summed E-state index contributed by atoms with van der Waals surface area (Å²) in [6.07, 6.45) is 7.78. The predicted molar refractivity (Wildman–Crippen MR) is 152 cm³/mol. The number of nitrogens with one attached hydrogen (secondary N) is 1. The summed E-state index contributed by atoms with van der Waals surface area (Å²) in [7, 11) is 3.21. The third kappa shape index (κ3) is 4.25. The van der Waals surface area contributed by atoms with Crippen molar-refractivity contribution < 1.29 is 14.3 Å². The second kappa shape index (κ2) is 10.2. The van der Waals surface area contributed by atoms with E-state index in [4.69, 9.17) is 9.47 Å². The van der Waals surface area contributed by atoms with E-state index in [0.717, 1.165) is 30.5 Å². The van der Waals surface area contributed by atoms with Crippen LogP contribution in [0, 0.1) is 0 Å². The third-order valence-electron chi connectivity index (χ3n) is 7.78. The van der Waals surface area contributed by atoms with Crippen molar-refractivity contribution in [2.45, 2.75) is 51.6 Å². The number of nitrogens with zero attached hydrogens (tertiary/aromatic N) is 2. The zero-order chi connectivity index (χ0) is 26.2. The van der Waals surface area contributed by atoms with E-state index >= 15 is 0 Å². The number of hydrogen-bond acceptors (Lipinski definition) is 4. The maximum atomic E-state index is 14.1. The summed E-state index contributed by atoms with van der Waals surface area (Å²) in [5.74, 6) is 1.21. The highest BCUT2D eigenvalue weighted by Crippen LogP contribution is 2.44. The van der Waals surface area contributed by atoms with E-state index in [2.05, 4.69) is 59.4 Å². The summed E-state index contributed by atoms with van der Waals surface area (Å²) in [5.41, 5.74) is 6.90. The molecular weight excluding hydrogens is 494 g/mol. The largest absolute Gasteiger partial charge is 0.493 e. The van der Waals surface area contributed by atoms with Crippen molar-refractivity contribution in [3.63, 3.8) is 0 Å². The van der Waals surface area contributed by atoms with E-state index in [1.165, 1.54) is 39.4 Å². The Morgan fingerprint density at radius 1 is 1.00 bits per heavy atom. The Bertz CT molecular complexity index is 1470. The molecule has 0 saturated heterocycles. The standard InChI is InChI=1S/C31H33N3O3S/c1-4-20-11-13-21(14-12-20)29-25-9-7-17-33(25)30-24(23-8-5-6-10-28(23)38-30)19-34(29)31(35)32-22-15-16-26(36-2)27(18-22)37-3/h7,9,11-18,29H,4-6,8,10,19H2,1-3H3,(H,32,35)/t29-/m0/s1. The Balaban J connectivity index is 1.45. The molecule has 0 radical (unpaired) electrons. The number of urea groups is 1. The number of carbonyl (C=O) groups is 1. The van der Waals surface area contributed by atoms with Crippen molar-refractivity contribution in [1.29, 1.82) is 0 Å². The van der Waals surface area contributed by atoms with Crippen molar-refractivity contribution in [2.24, 2.45) is 0 Å². The maximum absolute atomic E-state index is 14.1. The summed E-state index contributed by atoms with van der Waals surface area (Å²) in [5, 5.41) is 4.42. The first-order chi connectivity index (χ1) is 18.6. The molecule has 0 bridgehead atoms. The normalized spacial score (nSPS) is 16.2. The Labute approximate surface area is 227 Å². The van der Waals surface area contributed by atoms with Crippen molar-refractivity contribution in [1.82, 2.24) is 9.47 Å². The number of anilines is 1. The molecule has 4 aromatic rings. The molecule has 1 aliphatic carbocycles. The lowest BCUT2D eigenvalue weighted by atomic mass is 9.95. The zero-order valence-corrected chi connectivity index (χ0v) is 22.9. The second-order valence-corrected chi connectivity index (χ2v) is 11.0. The smallest absolute Gasteiger partial charge is 0.322 e. The molecule has 0 saturated carbocycles. The van der Waals surface area contributed by atoms with Crippen molar-refractivity contribution in [3.05, 3.63) is 93.6 Å². The van der Waals surface area contributed by atoms with Crippen LogP contribution < -0.4 is 14.8 Å². The topological polar surface area (TPSA) is 55.7 Å². The first-order valence-corrected chi connectivity index (χ1v) is 14.1. The third-order valence-corrected chi connectivity index (χ3v) is 9.11.